The number of methoxy groups -OCH3 is 1. The van der Waals surface area contributed by atoms with Crippen LogP contribution in [0.5, 0.6) is 5.75 Å². The van der Waals surface area contributed by atoms with Crippen molar-refractivity contribution in [3.63, 3.8) is 0 Å². The first-order chi connectivity index (χ1) is 10.1. The van der Waals surface area contributed by atoms with Crippen molar-refractivity contribution in [2.75, 3.05) is 24.3 Å². The molecule has 0 spiro atoms. The molecule has 2 rings (SSSR count). The van der Waals surface area contributed by atoms with E-state index in [1.165, 1.54) is 6.20 Å². The van der Waals surface area contributed by atoms with Crippen molar-refractivity contribution in [1.29, 1.82) is 0 Å². The molecule has 0 bridgehead atoms. The van der Waals surface area contributed by atoms with Gasteiger partial charge in [0.05, 0.1) is 19.5 Å². The number of nitrogens with zero attached hydrogens (tertiary/aromatic N) is 2. The smallest absolute Gasteiger partial charge is 0.275 e. The Bertz CT molecular complexity index is 643. The Morgan fingerprint density at radius 2 is 2.14 bits per heavy atom. The number of benzene rings is 1. The Kier molecular flexibility index (Phi) is 4.71. The lowest BCUT2D eigenvalue weighted by Gasteiger charge is -2.09. The zero-order valence-corrected chi connectivity index (χ0v) is 12.3. The third-order valence-corrected chi connectivity index (χ3v) is 2.88. The van der Waals surface area contributed by atoms with Gasteiger partial charge < -0.3 is 15.4 Å². The molecule has 0 aliphatic carbocycles. The van der Waals surface area contributed by atoms with E-state index < -0.39 is 0 Å². The zero-order chi connectivity index (χ0) is 15.2. The number of hydrogen-bond donors (Lipinski definition) is 2. The first-order valence-electron chi connectivity index (χ1n) is 6.66. The van der Waals surface area contributed by atoms with Crippen molar-refractivity contribution < 1.29 is 9.53 Å². The number of anilines is 2. The summed E-state index contributed by atoms with van der Waals surface area (Å²) in [5.74, 6) is 1.06. The lowest BCUT2D eigenvalue weighted by molar-refractivity contribution is 0.102. The largest absolute Gasteiger partial charge is 0.496 e. The third-order valence-electron chi connectivity index (χ3n) is 2.88. The van der Waals surface area contributed by atoms with Crippen LogP contribution >= 0.6 is 0 Å². The minimum Gasteiger partial charge on any atom is -0.496 e. The van der Waals surface area contributed by atoms with Crippen LogP contribution in [-0.2, 0) is 0 Å². The molecule has 1 heterocycles. The number of nitrogens with one attached hydrogen (secondary N) is 2. The van der Waals surface area contributed by atoms with E-state index in [1.807, 2.05) is 26.0 Å². The molecule has 0 saturated carbocycles. The van der Waals surface area contributed by atoms with Crippen molar-refractivity contribution in [2.45, 2.75) is 13.8 Å². The average Bonchev–Trinajstić information content (AvgIpc) is 2.48. The summed E-state index contributed by atoms with van der Waals surface area (Å²) in [6.07, 6.45) is 3.02. The Balaban J connectivity index is 2.14. The molecule has 2 aromatic rings. The molecule has 0 saturated heterocycles. The lowest BCUT2D eigenvalue weighted by atomic mass is 10.2. The van der Waals surface area contributed by atoms with E-state index in [2.05, 4.69) is 20.6 Å². The van der Waals surface area contributed by atoms with E-state index in [-0.39, 0.29) is 11.6 Å². The highest BCUT2D eigenvalue weighted by atomic mass is 16.5. The molecule has 6 nitrogen and oxygen atoms in total. The molecular weight excluding hydrogens is 268 g/mol. The van der Waals surface area contributed by atoms with Crippen molar-refractivity contribution in [2.24, 2.45) is 0 Å². The normalized spacial score (nSPS) is 10.0. The van der Waals surface area contributed by atoms with Crippen molar-refractivity contribution in [3.8, 4) is 5.75 Å². The molecule has 1 aromatic heterocycles. The number of ether oxygens (including phenoxy) is 1. The molecule has 21 heavy (non-hydrogen) atoms. The second-order valence-electron chi connectivity index (χ2n) is 4.46. The Morgan fingerprint density at radius 3 is 2.81 bits per heavy atom. The van der Waals surface area contributed by atoms with Crippen LogP contribution in [0.1, 0.15) is 23.0 Å². The molecule has 1 amide bonds. The number of carbonyl (C=O) groups excluding carboxylic acids is 1. The molecule has 0 fully saturated rings. The van der Waals surface area contributed by atoms with Gasteiger partial charge in [-0.1, -0.05) is 0 Å². The molecule has 6 heteroatoms. The highest BCUT2D eigenvalue weighted by Gasteiger charge is 2.10. The zero-order valence-electron chi connectivity index (χ0n) is 12.3. The predicted molar refractivity (Wildman–Crippen MR) is 81.9 cm³/mol. The molecular formula is C15H18N4O2. The van der Waals surface area contributed by atoms with Gasteiger partial charge in [-0.25, -0.2) is 4.98 Å². The van der Waals surface area contributed by atoms with Gasteiger partial charge in [0, 0.05) is 12.2 Å². The first-order valence-corrected chi connectivity index (χ1v) is 6.66. The van der Waals surface area contributed by atoms with Crippen LogP contribution in [0, 0.1) is 6.92 Å². The van der Waals surface area contributed by atoms with Gasteiger partial charge in [0.25, 0.3) is 5.91 Å². The summed E-state index contributed by atoms with van der Waals surface area (Å²) in [5.41, 5.74) is 1.90. The summed E-state index contributed by atoms with van der Waals surface area (Å²) in [7, 11) is 1.61. The number of carbonyl (C=O) groups is 1. The van der Waals surface area contributed by atoms with E-state index in [4.69, 9.17) is 4.74 Å². The van der Waals surface area contributed by atoms with E-state index in [0.29, 0.717) is 11.5 Å². The van der Waals surface area contributed by atoms with Crippen LogP contribution < -0.4 is 15.4 Å². The lowest BCUT2D eigenvalue weighted by Crippen LogP contribution is -2.15. The maximum Gasteiger partial charge on any atom is 0.275 e. The second-order valence-corrected chi connectivity index (χ2v) is 4.46. The monoisotopic (exact) mass is 286 g/mol. The topological polar surface area (TPSA) is 76.1 Å². The highest BCUT2D eigenvalue weighted by Crippen LogP contribution is 2.21. The fraction of sp³-hybridized carbons (Fsp3) is 0.267. The molecule has 0 aliphatic rings. The van der Waals surface area contributed by atoms with Crippen LogP contribution in [-0.4, -0.2) is 29.5 Å². The number of hydrogen-bond acceptors (Lipinski definition) is 5. The number of aromatic nitrogens is 2. The van der Waals surface area contributed by atoms with Crippen LogP contribution in [0.2, 0.25) is 0 Å². The summed E-state index contributed by atoms with van der Waals surface area (Å²) in [4.78, 5) is 20.4. The maximum atomic E-state index is 12.2. The first kappa shape index (κ1) is 14.8. The Morgan fingerprint density at radius 1 is 1.33 bits per heavy atom. The Labute approximate surface area is 123 Å². The third kappa shape index (κ3) is 3.68. The maximum absolute atomic E-state index is 12.2. The summed E-state index contributed by atoms with van der Waals surface area (Å²) in [5, 5.41) is 5.82. The van der Waals surface area contributed by atoms with E-state index in [1.54, 1.807) is 19.4 Å². The Hall–Kier alpha value is -2.63. The van der Waals surface area contributed by atoms with E-state index >= 15 is 0 Å². The van der Waals surface area contributed by atoms with Crippen molar-refractivity contribution in [3.05, 3.63) is 41.9 Å². The number of amides is 1. The van der Waals surface area contributed by atoms with Gasteiger partial charge >= 0.3 is 0 Å². The van der Waals surface area contributed by atoms with Crippen LogP contribution in [0.3, 0.4) is 0 Å². The molecule has 1 aromatic carbocycles. The van der Waals surface area contributed by atoms with Gasteiger partial charge in [-0.3, -0.25) is 9.78 Å². The average molecular weight is 286 g/mol. The van der Waals surface area contributed by atoms with Gasteiger partial charge in [0.15, 0.2) is 0 Å². The van der Waals surface area contributed by atoms with Crippen LogP contribution in [0.25, 0.3) is 0 Å². The number of aryl methyl sites for hydroxylation is 1. The van der Waals surface area contributed by atoms with Crippen molar-refractivity contribution >= 4 is 17.4 Å². The SMILES string of the molecule is CCNc1cncc(C(=O)Nc2ccc(OC)c(C)c2)n1. The molecule has 0 unspecified atom stereocenters. The van der Waals surface area contributed by atoms with Gasteiger partial charge in [-0.15, -0.1) is 0 Å². The fourth-order valence-corrected chi connectivity index (χ4v) is 1.89. The van der Waals surface area contributed by atoms with Gasteiger partial charge in [-0.05, 0) is 37.6 Å². The summed E-state index contributed by atoms with van der Waals surface area (Å²) >= 11 is 0. The summed E-state index contributed by atoms with van der Waals surface area (Å²) in [6, 6.07) is 5.44. The quantitative estimate of drug-likeness (QED) is 0.883. The minimum atomic E-state index is -0.299. The molecule has 2 N–H and O–H groups in total. The van der Waals surface area contributed by atoms with Crippen molar-refractivity contribution in [1.82, 2.24) is 9.97 Å². The van der Waals surface area contributed by atoms with E-state index in [0.717, 1.165) is 17.9 Å². The second kappa shape index (κ2) is 6.69. The molecule has 0 radical (unpaired) electrons. The minimum absolute atomic E-state index is 0.266. The highest BCUT2D eigenvalue weighted by molar-refractivity contribution is 6.02. The van der Waals surface area contributed by atoms with Gasteiger partial charge in [-0.2, -0.15) is 0 Å². The van der Waals surface area contributed by atoms with Crippen LogP contribution in [0.15, 0.2) is 30.6 Å². The summed E-state index contributed by atoms with van der Waals surface area (Å²) in [6.45, 7) is 4.59. The van der Waals surface area contributed by atoms with Gasteiger partial charge in [0.1, 0.15) is 17.3 Å². The van der Waals surface area contributed by atoms with Crippen LogP contribution in [0.4, 0.5) is 11.5 Å². The predicted octanol–water partition coefficient (Wildman–Crippen LogP) is 2.48. The molecule has 0 atom stereocenters. The number of rotatable bonds is 5. The van der Waals surface area contributed by atoms with Gasteiger partial charge in [0.2, 0.25) is 0 Å². The standard InChI is InChI=1S/C15H18N4O2/c1-4-17-14-9-16-8-12(19-14)15(20)18-11-5-6-13(21-3)10(2)7-11/h5-9H,4H2,1-3H3,(H,17,19)(H,18,20). The fourth-order valence-electron chi connectivity index (χ4n) is 1.89. The molecule has 0 aliphatic heterocycles. The van der Waals surface area contributed by atoms with E-state index in [9.17, 15) is 4.79 Å². The molecule has 110 valence electrons. The summed E-state index contributed by atoms with van der Waals surface area (Å²) < 4.78 is 5.19.